The van der Waals surface area contributed by atoms with Crippen molar-refractivity contribution in [3.63, 3.8) is 0 Å². The van der Waals surface area contributed by atoms with E-state index in [9.17, 15) is 4.79 Å². The van der Waals surface area contributed by atoms with Gasteiger partial charge in [-0.05, 0) is 6.07 Å². The number of carbonyl (C=O) groups is 1. The van der Waals surface area contributed by atoms with Crippen LogP contribution in [0.4, 0.5) is 5.95 Å². The molecule has 1 aromatic heterocycles. The summed E-state index contributed by atoms with van der Waals surface area (Å²) in [6.45, 7) is 4.85. The number of amides is 1. The fourth-order valence-corrected chi connectivity index (χ4v) is 2.27. The number of hydrogen-bond donors (Lipinski definition) is 1. The molecule has 0 radical (unpaired) electrons. The first-order valence-electron chi connectivity index (χ1n) is 7.24. The zero-order chi connectivity index (χ0) is 14.9. The highest BCUT2D eigenvalue weighted by Gasteiger charge is 2.20. The summed E-state index contributed by atoms with van der Waals surface area (Å²) >= 11 is 0. The third-order valence-corrected chi connectivity index (χ3v) is 3.49. The van der Waals surface area contributed by atoms with Gasteiger partial charge in [0.2, 0.25) is 11.9 Å². The van der Waals surface area contributed by atoms with Gasteiger partial charge in [-0.2, -0.15) is 0 Å². The number of anilines is 1. The van der Waals surface area contributed by atoms with Gasteiger partial charge < -0.3 is 10.2 Å². The summed E-state index contributed by atoms with van der Waals surface area (Å²) in [6.07, 6.45) is 9.85. The lowest BCUT2D eigenvalue weighted by Crippen LogP contribution is -2.49. The lowest BCUT2D eigenvalue weighted by atomic mass is 10.2. The zero-order valence-corrected chi connectivity index (χ0v) is 12.2. The van der Waals surface area contributed by atoms with Crippen LogP contribution in [0, 0.1) is 12.3 Å². The summed E-state index contributed by atoms with van der Waals surface area (Å²) in [7, 11) is 0. The number of hydrogen-bond acceptors (Lipinski definition) is 5. The first-order valence-corrected chi connectivity index (χ1v) is 7.24. The van der Waals surface area contributed by atoms with Crippen LogP contribution < -0.4 is 5.32 Å². The highest BCUT2D eigenvalue weighted by molar-refractivity contribution is 5.76. The Morgan fingerprint density at radius 2 is 2.00 bits per heavy atom. The second kappa shape index (κ2) is 8.22. The van der Waals surface area contributed by atoms with Crippen molar-refractivity contribution in [1.82, 2.24) is 19.8 Å². The molecular formula is C15H21N5O. The Morgan fingerprint density at radius 1 is 1.29 bits per heavy atom. The minimum Gasteiger partial charge on any atom is -0.354 e. The van der Waals surface area contributed by atoms with E-state index in [0.717, 1.165) is 39.1 Å². The quantitative estimate of drug-likeness (QED) is 0.770. The second-order valence-electron chi connectivity index (χ2n) is 4.93. The van der Waals surface area contributed by atoms with E-state index in [1.165, 1.54) is 0 Å². The van der Waals surface area contributed by atoms with Crippen LogP contribution in [0.3, 0.4) is 0 Å². The molecule has 1 aliphatic rings. The molecule has 1 aromatic rings. The minimum absolute atomic E-state index is 0.176. The summed E-state index contributed by atoms with van der Waals surface area (Å²) in [5.74, 6) is 3.39. The maximum absolute atomic E-state index is 12.1. The van der Waals surface area contributed by atoms with E-state index in [-0.39, 0.29) is 5.91 Å². The van der Waals surface area contributed by atoms with Gasteiger partial charge in [0, 0.05) is 64.5 Å². The topological polar surface area (TPSA) is 61.4 Å². The molecule has 0 atom stereocenters. The van der Waals surface area contributed by atoms with Crippen molar-refractivity contribution >= 4 is 11.9 Å². The summed E-state index contributed by atoms with van der Waals surface area (Å²) in [5, 5.41) is 3.05. The van der Waals surface area contributed by atoms with Gasteiger partial charge in [-0.1, -0.05) is 0 Å². The van der Waals surface area contributed by atoms with Crippen LogP contribution >= 0.6 is 0 Å². The molecule has 2 heterocycles. The number of terminal acetylenes is 1. The van der Waals surface area contributed by atoms with Gasteiger partial charge in [0.15, 0.2) is 0 Å². The lowest BCUT2D eigenvalue weighted by molar-refractivity contribution is -0.132. The molecule has 1 fully saturated rings. The van der Waals surface area contributed by atoms with Crippen molar-refractivity contribution in [2.24, 2.45) is 0 Å². The third kappa shape index (κ3) is 5.04. The number of nitrogens with one attached hydrogen (secondary N) is 1. The van der Waals surface area contributed by atoms with Gasteiger partial charge in [-0.3, -0.25) is 9.69 Å². The zero-order valence-electron chi connectivity index (χ0n) is 12.2. The normalized spacial score (nSPS) is 15.5. The van der Waals surface area contributed by atoms with Crippen molar-refractivity contribution in [2.45, 2.75) is 12.8 Å². The molecule has 1 aliphatic heterocycles. The molecule has 0 aliphatic carbocycles. The Labute approximate surface area is 125 Å². The van der Waals surface area contributed by atoms with Crippen LogP contribution in [-0.2, 0) is 4.79 Å². The van der Waals surface area contributed by atoms with Crippen molar-refractivity contribution in [3.05, 3.63) is 18.5 Å². The number of aromatic nitrogens is 2. The highest BCUT2D eigenvalue weighted by Crippen LogP contribution is 2.05. The molecular weight excluding hydrogens is 266 g/mol. The second-order valence-corrected chi connectivity index (χ2v) is 4.93. The molecule has 112 valence electrons. The van der Waals surface area contributed by atoms with E-state index in [1.54, 1.807) is 18.5 Å². The maximum Gasteiger partial charge on any atom is 0.224 e. The molecule has 1 N–H and O–H groups in total. The van der Waals surface area contributed by atoms with E-state index in [0.29, 0.717) is 18.9 Å². The van der Waals surface area contributed by atoms with E-state index < -0.39 is 0 Å². The Balaban J connectivity index is 1.65. The smallest absolute Gasteiger partial charge is 0.224 e. The van der Waals surface area contributed by atoms with Crippen LogP contribution in [0.5, 0.6) is 0 Å². The third-order valence-electron chi connectivity index (χ3n) is 3.49. The molecule has 1 saturated heterocycles. The van der Waals surface area contributed by atoms with Crippen LogP contribution in [0.2, 0.25) is 0 Å². The van der Waals surface area contributed by atoms with Crippen molar-refractivity contribution in [1.29, 1.82) is 0 Å². The Kier molecular flexibility index (Phi) is 5.98. The molecule has 6 heteroatoms. The molecule has 2 rings (SSSR count). The van der Waals surface area contributed by atoms with Gasteiger partial charge in [-0.15, -0.1) is 12.3 Å². The summed E-state index contributed by atoms with van der Waals surface area (Å²) < 4.78 is 0. The molecule has 0 unspecified atom stereocenters. The molecule has 0 bridgehead atoms. The predicted octanol–water partition coefficient (Wildman–Crippen LogP) is 0.446. The molecule has 0 saturated carbocycles. The Bertz CT molecular complexity index is 477. The average Bonchev–Trinajstić information content (AvgIpc) is 2.54. The Hall–Kier alpha value is -2.13. The van der Waals surface area contributed by atoms with Gasteiger partial charge in [-0.25, -0.2) is 9.97 Å². The van der Waals surface area contributed by atoms with E-state index >= 15 is 0 Å². The van der Waals surface area contributed by atoms with Crippen LogP contribution in [0.1, 0.15) is 12.8 Å². The van der Waals surface area contributed by atoms with Crippen molar-refractivity contribution in [2.75, 3.05) is 44.6 Å². The monoisotopic (exact) mass is 287 g/mol. The van der Waals surface area contributed by atoms with Gasteiger partial charge in [0.1, 0.15) is 0 Å². The van der Waals surface area contributed by atoms with Crippen LogP contribution in [-0.4, -0.2) is 64.9 Å². The largest absolute Gasteiger partial charge is 0.354 e. The SMILES string of the molecule is C#CCCN1CCN(C(=O)CCNc2ncccn2)CC1. The van der Waals surface area contributed by atoms with E-state index in [2.05, 4.69) is 26.1 Å². The van der Waals surface area contributed by atoms with Gasteiger partial charge in [0.05, 0.1) is 0 Å². The summed E-state index contributed by atoms with van der Waals surface area (Å²) in [5.41, 5.74) is 0. The lowest BCUT2D eigenvalue weighted by Gasteiger charge is -2.34. The first kappa shape index (κ1) is 15.3. The molecule has 6 nitrogen and oxygen atoms in total. The van der Waals surface area contributed by atoms with Crippen molar-refractivity contribution < 1.29 is 4.79 Å². The predicted molar refractivity (Wildman–Crippen MR) is 81.6 cm³/mol. The summed E-state index contributed by atoms with van der Waals surface area (Å²) in [6, 6.07) is 1.76. The number of carbonyl (C=O) groups excluding carboxylic acids is 1. The first-order chi connectivity index (χ1) is 10.3. The highest BCUT2D eigenvalue weighted by atomic mass is 16.2. The fourth-order valence-electron chi connectivity index (χ4n) is 2.27. The van der Waals surface area contributed by atoms with Gasteiger partial charge >= 0.3 is 0 Å². The molecule has 21 heavy (non-hydrogen) atoms. The van der Waals surface area contributed by atoms with Crippen LogP contribution in [0.15, 0.2) is 18.5 Å². The van der Waals surface area contributed by atoms with Crippen molar-refractivity contribution in [3.8, 4) is 12.3 Å². The Morgan fingerprint density at radius 3 is 2.67 bits per heavy atom. The minimum atomic E-state index is 0.176. The number of nitrogens with zero attached hydrogens (tertiary/aromatic N) is 4. The summed E-state index contributed by atoms with van der Waals surface area (Å²) in [4.78, 5) is 24.4. The molecule has 1 amide bonds. The standard InChI is InChI=1S/C15H21N5O/c1-2-3-9-19-10-12-20(13-11-19)14(21)5-8-18-15-16-6-4-7-17-15/h1,4,6-7H,3,5,8-13H2,(H,16,17,18). The number of rotatable bonds is 6. The fraction of sp³-hybridized carbons (Fsp3) is 0.533. The molecule has 0 spiro atoms. The maximum atomic E-state index is 12.1. The molecule has 0 aromatic carbocycles. The van der Waals surface area contributed by atoms with Gasteiger partial charge in [0.25, 0.3) is 0 Å². The average molecular weight is 287 g/mol. The number of piperazine rings is 1. The van der Waals surface area contributed by atoms with Crippen LogP contribution in [0.25, 0.3) is 0 Å². The van der Waals surface area contributed by atoms with E-state index in [4.69, 9.17) is 6.42 Å². The van der Waals surface area contributed by atoms with E-state index in [1.807, 2.05) is 4.90 Å².